The van der Waals surface area contributed by atoms with Gasteiger partial charge < -0.3 is 14.2 Å². The normalized spacial score (nSPS) is 19.0. The van der Waals surface area contributed by atoms with Crippen LogP contribution in [0.2, 0.25) is 0 Å². The number of rotatable bonds is 6. The first kappa shape index (κ1) is 17.7. The number of para-hydroxylation sites is 1. The number of esters is 2. The Labute approximate surface area is 149 Å². The molecule has 0 amide bonds. The van der Waals surface area contributed by atoms with Crippen molar-refractivity contribution in [1.82, 2.24) is 9.78 Å². The molecule has 1 aliphatic heterocycles. The van der Waals surface area contributed by atoms with Crippen LogP contribution in [0.3, 0.4) is 0 Å². The second kappa shape index (κ2) is 7.81. The summed E-state index contributed by atoms with van der Waals surface area (Å²) < 4.78 is 16.7. The molecule has 2 unspecified atom stereocenters. The summed E-state index contributed by atoms with van der Waals surface area (Å²) in [6.45, 7) is 2.09. The van der Waals surface area contributed by atoms with Gasteiger partial charge in [-0.1, -0.05) is 18.2 Å². The van der Waals surface area contributed by atoms with E-state index in [1.807, 2.05) is 18.2 Å². The van der Waals surface area contributed by atoms with E-state index in [4.69, 9.17) is 14.2 Å². The molecule has 1 aromatic heterocycles. The van der Waals surface area contributed by atoms with Crippen molar-refractivity contribution in [2.24, 2.45) is 0 Å². The largest absolute Gasteiger partial charge is 0.492 e. The lowest BCUT2D eigenvalue weighted by molar-refractivity contribution is -0.147. The Bertz CT molecular complexity index is 848. The van der Waals surface area contributed by atoms with Crippen molar-refractivity contribution < 1.29 is 23.8 Å². The third-order valence-electron chi connectivity index (χ3n) is 3.77. The number of cyclic esters (lactones) is 1. The number of carbonyl (C=O) groups excluding carboxylic acids is 2. The van der Waals surface area contributed by atoms with Crippen LogP contribution in [-0.2, 0) is 20.8 Å². The van der Waals surface area contributed by atoms with Crippen LogP contribution in [0.15, 0.2) is 47.3 Å². The minimum absolute atomic E-state index is 0.0586. The first-order valence-corrected chi connectivity index (χ1v) is 8.20. The average Bonchev–Trinajstić information content (AvgIpc) is 2.94. The Balaban J connectivity index is 1.62. The van der Waals surface area contributed by atoms with Crippen molar-refractivity contribution in [2.75, 3.05) is 6.61 Å². The van der Waals surface area contributed by atoms with Gasteiger partial charge in [0.25, 0.3) is 5.56 Å². The van der Waals surface area contributed by atoms with Crippen LogP contribution in [0.4, 0.5) is 0 Å². The smallest absolute Gasteiger partial charge is 0.359 e. The van der Waals surface area contributed by atoms with Crippen LogP contribution in [0.1, 0.15) is 23.8 Å². The molecule has 8 nitrogen and oxygen atoms in total. The molecule has 0 N–H and O–H groups in total. The Hall–Kier alpha value is -3.16. The van der Waals surface area contributed by atoms with Crippen LogP contribution < -0.4 is 10.3 Å². The minimum atomic E-state index is -0.943. The summed E-state index contributed by atoms with van der Waals surface area (Å²) in [5.41, 5.74) is -0.427. The minimum Gasteiger partial charge on any atom is -0.492 e. The molecule has 2 aromatic rings. The van der Waals surface area contributed by atoms with Gasteiger partial charge in [-0.15, -0.1) is 0 Å². The van der Waals surface area contributed by atoms with Crippen LogP contribution >= 0.6 is 0 Å². The van der Waals surface area contributed by atoms with Gasteiger partial charge in [0.1, 0.15) is 18.5 Å². The van der Waals surface area contributed by atoms with Crippen molar-refractivity contribution in [3.05, 3.63) is 58.5 Å². The number of hydrogen-bond donors (Lipinski definition) is 0. The number of ether oxygens (including phenoxy) is 3. The molecule has 1 aromatic carbocycles. The molecule has 1 saturated heterocycles. The van der Waals surface area contributed by atoms with Crippen molar-refractivity contribution in [2.45, 2.75) is 32.1 Å². The summed E-state index contributed by atoms with van der Waals surface area (Å²) >= 11 is 0. The van der Waals surface area contributed by atoms with Gasteiger partial charge in [0.15, 0.2) is 5.69 Å². The molecule has 0 radical (unpaired) electrons. The highest BCUT2D eigenvalue weighted by atomic mass is 16.6. The molecule has 2 atom stereocenters. The summed E-state index contributed by atoms with van der Waals surface area (Å²) in [5.74, 6) is -0.681. The van der Waals surface area contributed by atoms with Gasteiger partial charge in [-0.3, -0.25) is 4.79 Å². The number of hydrogen-bond acceptors (Lipinski definition) is 7. The molecule has 3 rings (SSSR count). The summed E-state index contributed by atoms with van der Waals surface area (Å²) in [7, 11) is 0. The van der Waals surface area contributed by atoms with E-state index < -0.39 is 18.0 Å². The van der Waals surface area contributed by atoms with Gasteiger partial charge in [-0.2, -0.15) is 5.10 Å². The van der Waals surface area contributed by atoms with Crippen molar-refractivity contribution in [3.63, 3.8) is 0 Å². The van der Waals surface area contributed by atoms with Gasteiger partial charge in [-0.05, 0) is 25.1 Å². The van der Waals surface area contributed by atoms with E-state index in [1.165, 1.54) is 12.1 Å². The molecule has 0 saturated carbocycles. The second-order valence-electron chi connectivity index (χ2n) is 5.82. The lowest BCUT2D eigenvalue weighted by Gasteiger charge is -2.10. The molecule has 0 bridgehead atoms. The van der Waals surface area contributed by atoms with Crippen molar-refractivity contribution >= 4 is 11.9 Å². The zero-order chi connectivity index (χ0) is 18.5. The monoisotopic (exact) mass is 358 g/mol. The highest BCUT2D eigenvalue weighted by Gasteiger charge is 2.35. The lowest BCUT2D eigenvalue weighted by Crippen LogP contribution is -2.29. The third-order valence-corrected chi connectivity index (χ3v) is 3.77. The first-order chi connectivity index (χ1) is 12.5. The number of aromatic nitrogens is 2. The first-order valence-electron chi connectivity index (χ1n) is 8.20. The fourth-order valence-electron chi connectivity index (χ4n) is 2.49. The molecular weight excluding hydrogens is 340 g/mol. The SMILES string of the molecule is CC1CC(OC(=O)c2ccc(=O)n(CCOc3ccccc3)n2)C(=O)O1. The maximum absolute atomic E-state index is 12.2. The van der Waals surface area contributed by atoms with Crippen LogP contribution in [-0.4, -0.2) is 40.5 Å². The van der Waals surface area contributed by atoms with Gasteiger partial charge in [-0.25, -0.2) is 14.3 Å². The fourth-order valence-corrected chi connectivity index (χ4v) is 2.49. The Morgan fingerprint density at radius 1 is 1.23 bits per heavy atom. The summed E-state index contributed by atoms with van der Waals surface area (Å²) in [4.78, 5) is 35.6. The molecule has 0 aliphatic carbocycles. The van der Waals surface area contributed by atoms with E-state index in [2.05, 4.69) is 5.10 Å². The van der Waals surface area contributed by atoms with Gasteiger partial charge >= 0.3 is 11.9 Å². The van der Waals surface area contributed by atoms with E-state index in [0.717, 1.165) is 4.68 Å². The maximum atomic E-state index is 12.2. The van der Waals surface area contributed by atoms with E-state index in [-0.39, 0.29) is 30.5 Å². The van der Waals surface area contributed by atoms with Crippen LogP contribution in [0.25, 0.3) is 0 Å². The molecule has 8 heteroatoms. The van der Waals surface area contributed by atoms with E-state index >= 15 is 0 Å². The van der Waals surface area contributed by atoms with Crippen LogP contribution in [0.5, 0.6) is 5.75 Å². The predicted molar refractivity (Wildman–Crippen MR) is 89.8 cm³/mol. The molecule has 2 heterocycles. The standard InChI is InChI=1S/C18H18N2O6/c1-12-11-15(18(23)25-12)26-17(22)14-7-8-16(21)20(19-14)9-10-24-13-5-3-2-4-6-13/h2-8,12,15H,9-11H2,1H3. The summed E-state index contributed by atoms with van der Waals surface area (Å²) in [5, 5.41) is 3.99. The maximum Gasteiger partial charge on any atom is 0.359 e. The van der Waals surface area contributed by atoms with Gasteiger partial charge in [0.05, 0.1) is 6.54 Å². The Kier molecular flexibility index (Phi) is 5.31. The summed E-state index contributed by atoms with van der Waals surface area (Å²) in [6.07, 6.45) is -0.937. The Morgan fingerprint density at radius 3 is 2.69 bits per heavy atom. The molecule has 26 heavy (non-hydrogen) atoms. The molecule has 136 valence electrons. The van der Waals surface area contributed by atoms with E-state index in [1.54, 1.807) is 19.1 Å². The highest BCUT2D eigenvalue weighted by molar-refractivity contribution is 5.89. The number of nitrogens with zero attached hydrogens (tertiary/aromatic N) is 2. The topological polar surface area (TPSA) is 96.7 Å². The molecular formula is C18H18N2O6. The van der Waals surface area contributed by atoms with E-state index in [0.29, 0.717) is 12.2 Å². The summed E-state index contributed by atoms with van der Waals surface area (Å²) in [6, 6.07) is 11.6. The van der Waals surface area contributed by atoms with E-state index in [9.17, 15) is 14.4 Å². The predicted octanol–water partition coefficient (Wildman–Crippen LogP) is 1.18. The van der Waals surface area contributed by atoms with Crippen molar-refractivity contribution in [3.8, 4) is 5.75 Å². The zero-order valence-electron chi connectivity index (χ0n) is 14.2. The van der Waals surface area contributed by atoms with Gasteiger partial charge in [0.2, 0.25) is 6.10 Å². The number of carbonyl (C=O) groups is 2. The Morgan fingerprint density at radius 2 is 2.00 bits per heavy atom. The molecule has 1 aliphatic rings. The molecule has 1 fully saturated rings. The third kappa shape index (κ3) is 4.27. The van der Waals surface area contributed by atoms with Crippen molar-refractivity contribution in [1.29, 1.82) is 0 Å². The highest BCUT2D eigenvalue weighted by Crippen LogP contribution is 2.18. The second-order valence-corrected chi connectivity index (χ2v) is 5.82. The lowest BCUT2D eigenvalue weighted by atomic mass is 10.2. The molecule has 0 spiro atoms. The van der Waals surface area contributed by atoms with Gasteiger partial charge in [0, 0.05) is 12.5 Å². The average molecular weight is 358 g/mol. The number of benzene rings is 1. The quantitative estimate of drug-likeness (QED) is 0.715. The fraction of sp³-hybridized carbons (Fsp3) is 0.333. The van der Waals surface area contributed by atoms with Crippen LogP contribution in [0, 0.1) is 0 Å². The zero-order valence-corrected chi connectivity index (χ0v) is 14.2.